The summed E-state index contributed by atoms with van der Waals surface area (Å²) in [5, 5.41) is 0. The summed E-state index contributed by atoms with van der Waals surface area (Å²) < 4.78 is 0.877. The van der Waals surface area contributed by atoms with Gasteiger partial charge in [-0.2, -0.15) is 0 Å². The monoisotopic (exact) mass is 284 g/mol. The third-order valence-corrected chi connectivity index (χ3v) is 2.85. The van der Waals surface area contributed by atoms with Gasteiger partial charge in [0.2, 0.25) is 0 Å². The number of halogens is 1. The standard InChI is InChI=1S/C12H17BrN2O/c1-12(2,3)11(14)10(16)5-8-4-9(13)7-15-6-8/h4,6-7,11H,5,14H2,1-3H3. The van der Waals surface area contributed by atoms with Gasteiger partial charge in [-0.3, -0.25) is 9.78 Å². The topological polar surface area (TPSA) is 56.0 Å². The molecule has 0 radical (unpaired) electrons. The third kappa shape index (κ3) is 3.68. The number of carbonyl (C=O) groups is 1. The number of carbonyl (C=O) groups excluding carboxylic acids is 1. The van der Waals surface area contributed by atoms with E-state index in [0.29, 0.717) is 6.42 Å². The van der Waals surface area contributed by atoms with Crippen LogP contribution in [0.4, 0.5) is 0 Å². The van der Waals surface area contributed by atoms with Gasteiger partial charge >= 0.3 is 0 Å². The van der Waals surface area contributed by atoms with Crippen molar-refractivity contribution >= 4 is 21.7 Å². The minimum atomic E-state index is -0.438. The van der Waals surface area contributed by atoms with Gasteiger partial charge in [-0.1, -0.05) is 20.8 Å². The van der Waals surface area contributed by atoms with E-state index in [-0.39, 0.29) is 11.2 Å². The maximum Gasteiger partial charge on any atom is 0.154 e. The third-order valence-electron chi connectivity index (χ3n) is 2.42. The van der Waals surface area contributed by atoms with Crippen LogP contribution in [0.3, 0.4) is 0 Å². The molecule has 2 N–H and O–H groups in total. The van der Waals surface area contributed by atoms with Crippen molar-refractivity contribution in [3.63, 3.8) is 0 Å². The number of nitrogens with two attached hydrogens (primary N) is 1. The molecule has 0 aromatic carbocycles. The van der Waals surface area contributed by atoms with Gasteiger partial charge < -0.3 is 5.73 Å². The highest BCUT2D eigenvalue weighted by molar-refractivity contribution is 9.10. The van der Waals surface area contributed by atoms with Crippen LogP contribution >= 0.6 is 15.9 Å². The van der Waals surface area contributed by atoms with E-state index in [1.165, 1.54) is 0 Å². The Kier molecular flexibility index (Phi) is 4.21. The van der Waals surface area contributed by atoms with E-state index in [0.717, 1.165) is 10.0 Å². The van der Waals surface area contributed by atoms with E-state index in [2.05, 4.69) is 20.9 Å². The molecule has 0 amide bonds. The number of hydrogen-bond acceptors (Lipinski definition) is 3. The first-order valence-corrected chi connectivity index (χ1v) is 5.97. The molecule has 3 nitrogen and oxygen atoms in total. The van der Waals surface area contributed by atoms with Crippen molar-refractivity contribution in [2.45, 2.75) is 33.2 Å². The number of hydrogen-bond donors (Lipinski definition) is 1. The van der Waals surface area contributed by atoms with Crippen LogP contribution in [-0.4, -0.2) is 16.8 Å². The maximum atomic E-state index is 11.9. The van der Waals surface area contributed by atoms with Crippen LogP contribution in [0.25, 0.3) is 0 Å². The van der Waals surface area contributed by atoms with E-state index < -0.39 is 6.04 Å². The lowest BCUT2D eigenvalue weighted by atomic mass is 9.83. The normalized spacial score (nSPS) is 13.6. The van der Waals surface area contributed by atoms with Gasteiger partial charge in [-0.05, 0) is 33.0 Å². The molecule has 0 bridgehead atoms. The molecule has 88 valence electrons. The van der Waals surface area contributed by atoms with Gasteiger partial charge in [0.05, 0.1) is 6.04 Å². The highest BCUT2D eigenvalue weighted by atomic mass is 79.9. The molecule has 0 saturated heterocycles. The largest absolute Gasteiger partial charge is 0.321 e. The lowest BCUT2D eigenvalue weighted by Gasteiger charge is -2.25. The van der Waals surface area contributed by atoms with Crippen molar-refractivity contribution < 1.29 is 4.79 Å². The number of pyridine rings is 1. The van der Waals surface area contributed by atoms with Crippen LogP contribution in [0.5, 0.6) is 0 Å². The number of nitrogens with zero attached hydrogens (tertiary/aromatic N) is 1. The molecule has 1 unspecified atom stereocenters. The van der Waals surface area contributed by atoms with Crippen LogP contribution in [-0.2, 0) is 11.2 Å². The fraction of sp³-hybridized carbons (Fsp3) is 0.500. The fourth-order valence-corrected chi connectivity index (χ4v) is 1.76. The molecule has 0 aliphatic rings. The van der Waals surface area contributed by atoms with Crippen LogP contribution in [0.2, 0.25) is 0 Å². The molecule has 0 spiro atoms. The molecule has 0 aliphatic heterocycles. The van der Waals surface area contributed by atoms with Crippen molar-refractivity contribution in [3.05, 3.63) is 28.5 Å². The zero-order chi connectivity index (χ0) is 12.3. The summed E-state index contributed by atoms with van der Waals surface area (Å²) in [6.45, 7) is 5.90. The first-order chi connectivity index (χ1) is 7.30. The van der Waals surface area contributed by atoms with Gasteiger partial charge in [0, 0.05) is 23.3 Å². The maximum absolute atomic E-state index is 11.9. The van der Waals surface area contributed by atoms with Crippen LogP contribution < -0.4 is 5.73 Å². The van der Waals surface area contributed by atoms with Crippen LogP contribution in [0, 0.1) is 5.41 Å². The Morgan fingerprint density at radius 2 is 2.12 bits per heavy atom. The first kappa shape index (κ1) is 13.3. The van der Waals surface area contributed by atoms with Crippen molar-refractivity contribution in [1.29, 1.82) is 0 Å². The lowest BCUT2D eigenvalue weighted by Crippen LogP contribution is -2.43. The SMILES string of the molecule is CC(C)(C)C(N)C(=O)Cc1cncc(Br)c1. The Morgan fingerprint density at radius 1 is 1.50 bits per heavy atom. The van der Waals surface area contributed by atoms with Crippen LogP contribution in [0.1, 0.15) is 26.3 Å². The highest BCUT2D eigenvalue weighted by Gasteiger charge is 2.27. The molecule has 0 saturated carbocycles. The second-order valence-electron chi connectivity index (χ2n) is 5.00. The summed E-state index contributed by atoms with van der Waals surface area (Å²) in [7, 11) is 0. The summed E-state index contributed by atoms with van der Waals surface area (Å²) in [6.07, 6.45) is 3.72. The molecule has 16 heavy (non-hydrogen) atoms. The Morgan fingerprint density at radius 3 is 2.62 bits per heavy atom. The summed E-state index contributed by atoms with van der Waals surface area (Å²) in [4.78, 5) is 15.9. The minimum Gasteiger partial charge on any atom is -0.321 e. The predicted molar refractivity (Wildman–Crippen MR) is 68.1 cm³/mol. The van der Waals surface area contributed by atoms with E-state index >= 15 is 0 Å². The van der Waals surface area contributed by atoms with Gasteiger partial charge in [-0.25, -0.2) is 0 Å². The van der Waals surface area contributed by atoms with Crippen molar-refractivity contribution in [2.75, 3.05) is 0 Å². The average Bonchev–Trinajstić information content (AvgIpc) is 2.15. The Hall–Kier alpha value is -0.740. The van der Waals surface area contributed by atoms with Crippen molar-refractivity contribution in [3.8, 4) is 0 Å². The van der Waals surface area contributed by atoms with E-state index in [9.17, 15) is 4.79 Å². The molecule has 0 fully saturated rings. The Balaban J connectivity index is 2.72. The number of rotatable bonds is 3. The second-order valence-corrected chi connectivity index (χ2v) is 5.91. The Labute approximate surface area is 105 Å². The van der Waals surface area contributed by atoms with Gasteiger partial charge in [0.15, 0.2) is 5.78 Å². The average molecular weight is 285 g/mol. The smallest absolute Gasteiger partial charge is 0.154 e. The van der Waals surface area contributed by atoms with Crippen LogP contribution in [0.15, 0.2) is 22.9 Å². The molecule has 1 atom stereocenters. The first-order valence-electron chi connectivity index (χ1n) is 5.18. The fourth-order valence-electron chi connectivity index (χ4n) is 1.35. The summed E-state index contributed by atoms with van der Waals surface area (Å²) >= 11 is 3.32. The predicted octanol–water partition coefficient (Wildman–Crippen LogP) is 2.33. The molecular formula is C12H17BrN2O. The molecule has 1 aromatic heterocycles. The Bertz CT molecular complexity index is 385. The van der Waals surface area contributed by atoms with Gasteiger partial charge in [0.25, 0.3) is 0 Å². The van der Waals surface area contributed by atoms with Crippen molar-refractivity contribution in [1.82, 2.24) is 4.98 Å². The highest BCUT2D eigenvalue weighted by Crippen LogP contribution is 2.19. The van der Waals surface area contributed by atoms with E-state index in [1.807, 2.05) is 26.8 Å². The number of Topliss-reactive ketones (excluding diaryl/α,β-unsaturated/α-hetero) is 1. The summed E-state index contributed by atoms with van der Waals surface area (Å²) in [6, 6.07) is 1.45. The quantitative estimate of drug-likeness (QED) is 0.927. The van der Waals surface area contributed by atoms with Gasteiger partial charge in [0.1, 0.15) is 0 Å². The second kappa shape index (κ2) is 5.06. The molecule has 1 rings (SSSR count). The van der Waals surface area contributed by atoms with E-state index in [1.54, 1.807) is 12.4 Å². The molecular weight excluding hydrogens is 268 g/mol. The molecule has 1 heterocycles. The number of aromatic nitrogens is 1. The minimum absolute atomic E-state index is 0.0485. The van der Waals surface area contributed by atoms with E-state index in [4.69, 9.17) is 5.73 Å². The molecule has 0 aliphatic carbocycles. The molecule has 1 aromatic rings. The summed E-state index contributed by atoms with van der Waals surface area (Å²) in [5.41, 5.74) is 6.59. The lowest BCUT2D eigenvalue weighted by molar-refractivity contribution is -0.121. The zero-order valence-electron chi connectivity index (χ0n) is 9.83. The summed E-state index contributed by atoms with van der Waals surface area (Å²) in [5.74, 6) is 0.0485. The molecule has 4 heteroatoms. The van der Waals surface area contributed by atoms with Gasteiger partial charge in [-0.15, -0.1) is 0 Å². The number of ketones is 1. The zero-order valence-corrected chi connectivity index (χ0v) is 11.4. The van der Waals surface area contributed by atoms with Crippen molar-refractivity contribution in [2.24, 2.45) is 11.1 Å².